The van der Waals surface area contributed by atoms with Crippen LogP contribution in [-0.4, -0.2) is 53.6 Å². The summed E-state index contributed by atoms with van der Waals surface area (Å²) in [6.45, 7) is 8.54. The Kier molecular flexibility index (Phi) is 13.8. The highest BCUT2D eigenvalue weighted by Crippen LogP contribution is 2.28. The van der Waals surface area contributed by atoms with Crippen molar-refractivity contribution in [2.45, 2.75) is 110 Å². The van der Waals surface area contributed by atoms with Crippen molar-refractivity contribution in [1.82, 2.24) is 16.0 Å². The Morgan fingerprint density at radius 3 is 2.21 bits per heavy atom. The van der Waals surface area contributed by atoms with Gasteiger partial charge in [-0.15, -0.1) is 0 Å². The van der Waals surface area contributed by atoms with Crippen molar-refractivity contribution in [3.63, 3.8) is 0 Å². The fourth-order valence-electron chi connectivity index (χ4n) is 5.04. The molecule has 1 aromatic carbocycles. The zero-order chi connectivity index (χ0) is 28.1. The summed E-state index contributed by atoms with van der Waals surface area (Å²) >= 11 is 0. The number of hydrogen-bond acceptors (Lipinski definition) is 5. The molecule has 2 rings (SSSR count). The number of amides is 3. The molecule has 214 valence electrons. The van der Waals surface area contributed by atoms with E-state index in [-0.39, 0.29) is 30.1 Å². The molecule has 38 heavy (non-hydrogen) atoms. The van der Waals surface area contributed by atoms with Gasteiger partial charge in [0.1, 0.15) is 6.04 Å². The highest BCUT2D eigenvalue weighted by molar-refractivity contribution is 5.90. The topological polar surface area (TPSA) is 134 Å². The van der Waals surface area contributed by atoms with Crippen LogP contribution < -0.4 is 21.7 Å². The molecule has 1 aromatic rings. The molecule has 0 heterocycles. The van der Waals surface area contributed by atoms with Crippen LogP contribution in [0, 0.1) is 17.8 Å². The van der Waals surface area contributed by atoms with E-state index in [0.29, 0.717) is 37.6 Å². The van der Waals surface area contributed by atoms with Gasteiger partial charge < -0.3 is 26.8 Å². The molecule has 0 aliphatic heterocycles. The van der Waals surface area contributed by atoms with Crippen LogP contribution >= 0.6 is 0 Å². The van der Waals surface area contributed by atoms with Crippen LogP contribution in [0.25, 0.3) is 0 Å². The van der Waals surface area contributed by atoms with Crippen molar-refractivity contribution < 1.29 is 19.5 Å². The van der Waals surface area contributed by atoms with Crippen LogP contribution in [0.1, 0.15) is 84.6 Å². The summed E-state index contributed by atoms with van der Waals surface area (Å²) in [7, 11) is 0. The molecule has 1 aliphatic rings. The molecule has 0 unspecified atom stereocenters. The summed E-state index contributed by atoms with van der Waals surface area (Å²) in [5.74, 6) is -0.108. The summed E-state index contributed by atoms with van der Waals surface area (Å²) in [6.07, 6.45) is 5.94. The summed E-state index contributed by atoms with van der Waals surface area (Å²) in [5, 5.41) is 19.8. The largest absolute Gasteiger partial charge is 0.390 e. The predicted octanol–water partition coefficient (Wildman–Crippen LogP) is 3.07. The SMILES string of the molecule is CC(C)CNC(=O)C[C@H](O)[C@H](CC1CCCCC1)NC(=O)[C@H](CC(C)C)NC(=O)[C@@H](N)Cc1ccccc1. The molecule has 0 saturated heterocycles. The first-order valence-corrected chi connectivity index (χ1v) is 14.4. The number of benzene rings is 1. The molecule has 3 amide bonds. The van der Waals surface area contributed by atoms with Crippen LogP contribution in [0.4, 0.5) is 0 Å². The minimum Gasteiger partial charge on any atom is -0.390 e. The van der Waals surface area contributed by atoms with Gasteiger partial charge in [-0.2, -0.15) is 0 Å². The Morgan fingerprint density at radius 1 is 0.947 bits per heavy atom. The van der Waals surface area contributed by atoms with E-state index in [1.54, 1.807) is 0 Å². The van der Waals surface area contributed by atoms with E-state index >= 15 is 0 Å². The monoisotopic (exact) mass is 530 g/mol. The Balaban J connectivity index is 2.08. The molecular formula is C30H50N4O4. The second kappa shape index (κ2) is 16.5. The molecular weight excluding hydrogens is 480 g/mol. The lowest BCUT2D eigenvalue weighted by Gasteiger charge is -2.32. The fourth-order valence-corrected chi connectivity index (χ4v) is 5.04. The van der Waals surface area contributed by atoms with Crippen LogP contribution in [0.2, 0.25) is 0 Å². The Hall–Kier alpha value is -2.45. The smallest absolute Gasteiger partial charge is 0.242 e. The molecule has 0 spiro atoms. The second-order valence-electron chi connectivity index (χ2n) is 11.8. The average Bonchev–Trinajstić information content (AvgIpc) is 2.87. The maximum absolute atomic E-state index is 13.5. The van der Waals surface area contributed by atoms with Crippen LogP contribution in [0.3, 0.4) is 0 Å². The van der Waals surface area contributed by atoms with Gasteiger partial charge in [-0.3, -0.25) is 14.4 Å². The summed E-state index contributed by atoms with van der Waals surface area (Å²) < 4.78 is 0. The van der Waals surface area contributed by atoms with Gasteiger partial charge in [0.2, 0.25) is 17.7 Å². The van der Waals surface area contributed by atoms with Crippen molar-refractivity contribution in [3.8, 4) is 0 Å². The summed E-state index contributed by atoms with van der Waals surface area (Å²) in [4.78, 5) is 38.8. The Labute approximate surface area is 228 Å². The molecule has 0 bridgehead atoms. The lowest BCUT2D eigenvalue weighted by atomic mass is 9.83. The molecule has 1 saturated carbocycles. The van der Waals surface area contributed by atoms with Gasteiger partial charge in [-0.25, -0.2) is 0 Å². The highest BCUT2D eigenvalue weighted by atomic mass is 16.3. The van der Waals surface area contributed by atoms with Crippen molar-refractivity contribution in [1.29, 1.82) is 0 Å². The number of nitrogens with two attached hydrogens (primary N) is 1. The van der Waals surface area contributed by atoms with E-state index in [1.165, 1.54) is 6.42 Å². The number of nitrogens with one attached hydrogen (secondary N) is 3. The predicted molar refractivity (Wildman–Crippen MR) is 151 cm³/mol. The maximum atomic E-state index is 13.5. The first-order chi connectivity index (χ1) is 18.0. The Morgan fingerprint density at radius 2 is 1.61 bits per heavy atom. The molecule has 8 nitrogen and oxygen atoms in total. The average molecular weight is 531 g/mol. The van der Waals surface area contributed by atoms with Gasteiger partial charge >= 0.3 is 0 Å². The molecule has 1 fully saturated rings. The molecule has 8 heteroatoms. The van der Waals surface area contributed by atoms with E-state index < -0.39 is 24.2 Å². The molecule has 6 N–H and O–H groups in total. The zero-order valence-corrected chi connectivity index (χ0v) is 23.7. The molecule has 1 aliphatic carbocycles. The number of rotatable bonds is 15. The number of carbonyl (C=O) groups is 3. The lowest BCUT2D eigenvalue weighted by Crippen LogP contribution is -2.56. The molecule has 0 aromatic heterocycles. The van der Waals surface area contributed by atoms with E-state index in [2.05, 4.69) is 16.0 Å². The summed E-state index contributed by atoms with van der Waals surface area (Å²) in [5.41, 5.74) is 7.13. The minimum atomic E-state index is -1.01. The van der Waals surface area contributed by atoms with E-state index in [4.69, 9.17) is 5.73 Å². The van der Waals surface area contributed by atoms with Gasteiger partial charge in [0, 0.05) is 6.54 Å². The van der Waals surface area contributed by atoms with Crippen LogP contribution in [-0.2, 0) is 20.8 Å². The molecule has 4 atom stereocenters. The third kappa shape index (κ3) is 11.9. The minimum absolute atomic E-state index is 0.0759. The lowest BCUT2D eigenvalue weighted by molar-refractivity contribution is -0.131. The second-order valence-corrected chi connectivity index (χ2v) is 11.8. The maximum Gasteiger partial charge on any atom is 0.242 e. The van der Waals surface area contributed by atoms with Crippen LogP contribution in [0.15, 0.2) is 30.3 Å². The van der Waals surface area contributed by atoms with Crippen molar-refractivity contribution >= 4 is 17.7 Å². The van der Waals surface area contributed by atoms with E-state index in [1.807, 2.05) is 58.0 Å². The number of aliphatic hydroxyl groups is 1. The van der Waals surface area contributed by atoms with Gasteiger partial charge in [-0.1, -0.05) is 90.1 Å². The number of carbonyl (C=O) groups excluding carboxylic acids is 3. The van der Waals surface area contributed by atoms with Crippen molar-refractivity contribution in [2.75, 3.05) is 6.54 Å². The summed E-state index contributed by atoms with van der Waals surface area (Å²) in [6, 6.07) is 7.41. The van der Waals surface area contributed by atoms with Gasteiger partial charge in [0.15, 0.2) is 0 Å². The van der Waals surface area contributed by atoms with Gasteiger partial charge in [0.05, 0.1) is 24.6 Å². The normalized spacial score (nSPS) is 17.5. The van der Waals surface area contributed by atoms with Crippen molar-refractivity contribution in [2.24, 2.45) is 23.5 Å². The number of hydrogen-bond donors (Lipinski definition) is 5. The first kappa shape index (κ1) is 31.8. The van der Waals surface area contributed by atoms with Crippen molar-refractivity contribution in [3.05, 3.63) is 35.9 Å². The first-order valence-electron chi connectivity index (χ1n) is 14.4. The zero-order valence-electron chi connectivity index (χ0n) is 23.7. The van der Waals surface area contributed by atoms with E-state index in [9.17, 15) is 19.5 Å². The quantitative estimate of drug-likeness (QED) is 0.238. The molecule has 0 radical (unpaired) electrons. The standard InChI is InChI=1S/C30H50N4O4/c1-20(2)15-26(34-29(37)24(31)16-22-11-7-5-8-12-22)30(38)33-25(17-23-13-9-6-10-14-23)27(35)18-28(36)32-19-21(3)4/h5,7-8,11-12,20-21,23-27,35H,6,9-10,13-19,31H2,1-4H3,(H,32,36)(H,33,38)(H,34,37)/t24-,25-,26-,27-/m0/s1. The highest BCUT2D eigenvalue weighted by Gasteiger charge is 2.31. The number of aliphatic hydroxyl groups excluding tert-OH is 1. The fraction of sp³-hybridized carbons (Fsp3) is 0.700. The van der Waals surface area contributed by atoms with Gasteiger partial charge in [0.25, 0.3) is 0 Å². The van der Waals surface area contributed by atoms with Crippen LogP contribution in [0.5, 0.6) is 0 Å². The van der Waals surface area contributed by atoms with Gasteiger partial charge in [-0.05, 0) is 42.6 Å². The Bertz CT molecular complexity index is 855. The third-order valence-corrected chi connectivity index (χ3v) is 7.18. The van der Waals surface area contributed by atoms with E-state index in [0.717, 1.165) is 31.2 Å². The third-order valence-electron chi connectivity index (χ3n) is 7.18.